The fraction of sp³-hybridized carbons (Fsp3) is 0.536. The average molecular weight is 568 g/mol. The SMILES string of the molecule is CC1=NCCN1CNCC(=O)c1ccc(O)c2c1C[C@H]1C[C@H]3[C@H](N(C)C)C(=O)C(C(N)=O)C(=O)[C@@]3(O)C(=O)C1C2=O. The molecule has 1 aliphatic heterocycles. The van der Waals surface area contributed by atoms with Crippen molar-refractivity contribution < 1.29 is 39.0 Å². The van der Waals surface area contributed by atoms with Gasteiger partial charge in [-0.2, -0.15) is 0 Å². The maximum atomic E-state index is 13.9. The van der Waals surface area contributed by atoms with Crippen LogP contribution in [0.25, 0.3) is 0 Å². The summed E-state index contributed by atoms with van der Waals surface area (Å²) in [4.78, 5) is 87.2. The number of carbonyl (C=O) groups is 6. The van der Waals surface area contributed by atoms with Crippen LogP contribution in [0.3, 0.4) is 0 Å². The van der Waals surface area contributed by atoms with Crippen LogP contribution in [0.4, 0.5) is 0 Å². The molecule has 2 saturated carbocycles. The number of phenols is 1. The number of ketones is 5. The molecule has 41 heavy (non-hydrogen) atoms. The number of phenolic OH excluding ortho intramolecular Hbond substituents is 1. The number of likely N-dealkylation sites (N-methyl/N-ethyl adjacent to an activating group) is 1. The molecule has 6 atom stereocenters. The first-order valence-electron chi connectivity index (χ1n) is 13.5. The second kappa shape index (κ2) is 10.2. The number of amidine groups is 1. The van der Waals surface area contributed by atoms with Crippen molar-refractivity contribution in [3.05, 3.63) is 28.8 Å². The van der Waals surface area contributed by atoms with E-state index in [0.29, 0.717) is 13.2 Å². The Balaban J connectivity index is 1.49. The van der Waals surface area contributed by atoms with Crippen molar-refractivity contribution in [1.29, 1.82) is 0 Å². The minimum absolute atomic E-state index is 0.0270. The van der Waals surface area contributed by atoms with Crippen LogP contribution in [0.2, 0.25) is 0 Å². The molecule has 5 rings (SSSR count). The first-order chi connectivity index (χ1) is 19.3. The number of rotatable bonds is 7. The minimum atomic E-state index is -2.79. The van der Waals surface area contributed by atoms with Crippen molar-refractivity contribution in [2.45, 2.75) is 31.4 Å². The molecule has 0 aromatic heterocycles. The lowest BCUT2D eigenvalue weighted by atomic mass is 9.52. The molecule has 0 spiro atoms. The summed E-state index contributed by atoms with van der Waals surface area (Å²) < 4.78 is 0. The van der Waals surface area contributed by atoms with Crippen molar-refractivity contribution in [1.82, 2.24) is 15.1 Å². The quantitative estimate of drug-likeness (QED) is 0.217. The van der Waals surface area contributed by atoms with E-state index in [0.717, 1.165) is 12.4 Å². The number of aliphatic imine (C=N–C) groups is 1. The normalized spacial score (nSPS) is 31.1. The van der Waals surface area contributed by atoms with Gasteiger partial charge in [-0.05, 0) is 57.5 Å². The molecule has 0 bridgehead atoms. The zero-order valence-electron chi connectivity index (χ0n) is 23.0. The molecule has 13 nitrogen and oxygen atoms in total. The van der Waals surface area contributed by atoms with Crippen LogP contribution in [0, 0.1) is 23.7 Å². The van der Waals surface area contributed by atoms with Crippen LogP contribution >= 0.6 is 0 Å². The third kappa shape index (κ3) is 4.30. The highest BCUT2D eigenvalue weighted by molar-refractivity contribution is 6.32. The van der Waals surface area contributed by atoms with E-state index in [1.807, 2.05) is 11.8 Å². The van der Waals surface area contributed by atoms with Crippen molar-refractivity contribution in [3.63, 3.8) is 0 Å². The van der Waals surface area contributed by atoms with Gasteiger partial charge in [-0.3, -0.25) is 44.0 Å². The van der Waals surface area contributed by atoms with Crippen LogP contribution in [0.5, 0.6) is 5.75 Å². The van der Waals surface area contributed by atoms with Gasteiger partial charge in [0, 0.05) is 18.0 Å². The smallest absolute Gasteiger partial charge is 0.235 e. The number of aliphatic hydroxyl groups is 1. The molecule has 2 fully saturated rings. The molecule has 5 N–H and O–H groups in total. The Hall–Kier alpha value is -3.81. The predicted octanol–water partition coefficient (Wildman–Crippen LogP) is -1.67. The zero-order chi connectivity index (χ0) is 30.0. The second-order valence-electron chi connectivity index (χ2n) is 11.5. The van der Waals surface area contributed by atoms with E-state index in [1.54, 1.807) is 0 Å². The fourth-order valence-corrected chi connectivity index (χ4v) is 7.05. The molecular weight excluding hydrogens is 534 g/mol. The molecule has 4 aliphatic rings. The molecule has 0 saturated heterocycles. The zero-order valence-corrected chi connectivity index (χ0v) is 23.0. The van der Waals surface area contributed by atoms with Crippen molar-refractivity contribution in [2.75, 3.05) is 40.4 Å². The second-order valence-corrected chi connectivity index (χ2v) is 11.5. The van der Waals surface area contributed by atoms with Crippen LogP contribution in [0.15, 0.2) is 17.1 Å². The molecule has 218 valence electrons. The van der Waals surface area contributed by atoms with E-state index < -0.39 is 70.1 Å². The number of nitrogens with two attached hydrogens (primary N) is 1. The molecule has 1 aromatic rings. The van der Waals surface area contributed by atoms with Gasteiger partial charge in [-0.25, -0.2) is 0 Å². The van der Waals surface area contributed by atoms with E-state index in [-0.39, 0.29) is 41.9 Å². The highest BCUT2D eigenvalue weighted by Gasteiger charge is 2.69. The summed E-state index contributed by atoms with van der Waals surface area (Å²) in [5.74, 6) is -10.8. The number of nitrogens with one attached hydrogen (secondary N) is 1. The lowest BCUT2D eigenvalue weighted by Gasteiger charge is -2.52. The first-order valence-corrected chi connectivity index (χ1v) is 13.5. The number of hydrogen-bond donors (Lipinski definition) is 4. The van der Waals surface area contributed by atoms with Crippen molar-refractivity contribution in [2.24, 2.45) is 34.4 Å². The number of Topliss-reactive ketones (excluding diaryl/α,β-unsaturated/α-hetero) is 5. The monoisotopic (exact) mass is 567 g/mol. The van der Waals surface area contributed by atoms with Gasteiger partial charge in [0.25, 0.3) is 0 Å². The molecule has 1 aromatic carbocycles. The third-order valence-corrected chi connectivity index (χ3v) is 9.00. The summed E-state index contributed by atoms with van der Waals surface area (Å²) in [6, 6.07) is 1.45. The van der Waals surface area contributed by atoms with Gasteiger partial charge in [0.2, 0.25) is 5.91 Å². The molecule has 1 amide bonds. The van der Waals surface area contributed by atoms with Gasteiger partial charge >= 0.3 is 0 Å². The Kier molecular flexibility index (Phi) is 7.16. The number of aromatic hydroxyl groups is 1. The van der Waals surface area contributed by atoms with E-state index in [1.165, 1.54) is 31.1 Å². The lowest BCUT2D eigenvalue weighted by molar-refractivity contribution is -0.181. The number of fused-ring (bicyclic) bond motifs is 3. The van der Waals surface area contributed by atoms with Crippen molar-refractivity contribution >= 4 is 40.7 Å². The molecule has 1 heterocycles. The van der Waals surface area contributed by atoms with E-state index in [2.05, 4.69) is 10.3 Å². The van der Waals surface area contributed by atoms with Crippen LogP contribution < -0.4 is 11.1 Å². The summed E-state index contributed by atoms with van der Waals surface area (Å²) in [6.45, 7) is 3.65. The minimum Gasteiger partial charge on any atom is -0.507 e. The molecular formula is C28H33N5O8. The first kappa shape index (κ1) is 28.7. The Labute approximate surface area is 235 Å². The number of hydrogen-bond acceptors (Lipinski definition) is 12. The van der Waals surface area contributed by atoms with Gasteiger partial charge in [-0.1, -0.05) is 0 Å². The van der Waals surface area contributed by atoms with E-state index >= 15 is 0 Å². The summed E-state index contributed by atoms with van der Waals surface area (Å²) >= 11 is 0. The largest absolute Gasteiger partial charge is 0.507 e. The fourth-order valence-electron chi connectivity index (χ4n) is 7.05. The maximum absolute atomic E-state index is 13.9. The number of benzene rings is 1. The van der Waals surface area contributed by atoms with Crippen LogP contribution in [-0.4, -0.2) is 113 Å². The summed E-state index contributed by atoms with van der Waals surface area (Å²) in [5, 5.41) is 25.4. The molecule has 3 aliphatic carbocycles. The van der Waals surface area contributed by atoms with E-state index in [9.17, 15) is 39.0 Å². The van der Waals surface area contributed by atoms with Crippen molar-refractivity contribution in [3.8, 4) is 5.75 Å². The van der Waals surface area contributed by atoms with Gasteiger partial charge in [0.05, 0.1) is 43.1 Å². The van der Waals surface area contributed by atoms with Crippen LogP contribution in [0.1, 0.15) is 39.6 Å². The molecule has 13 heteroatoms. The lowest BCUT2D eigenvalue weighted by Crippen LogP contribution is -2.74. The Morgan fingerprint density at radius 2 is 1.90 bits per heavy atom. The van der Waals surface area contributed by atoms with Crippen LogP contribution in [-0.2, 0) is 25.6 Å². The predicted molar refractivity (Wildman–Crippen MR) is 143 cm³/mol. The Morgan fingerprint density at radius 1 is 1.20 bits per heavy atom. The van der Waals surface area contributed by atoms with Gasteiger partial charge in [0.1, 0.15) is 5.75 Å². The molecule has 0 radical (unpaired) electrons. The van der Waals surface area contributed by atoms with Gasteiger partial charge in [-0.15, -0.1) is 0 Å². The topological polar surface area (TPSA) is 200 Å². The Morgan fingerprint density at radius 3 is 2.51 bits per heavy atom. The average Bonchev–Trinajstić information content (AvgIpc) is 3.30. The van der Waals surface area contributed by atoms with E-state index in [4.69, 9.17) is 5.73 Å². The number of nitrogens with zero attached hydrogens (tertiary/aromatic N) is 3. The highest BCUT2D eigenvalue weighted by atomic mass is 16.3. The molecule has 2 unspecified atom stereocenters. The highest BCUT2D eigenvalue weighted by Crippen LogP contribution is 2.51. The van der Waals surface area contributed by atoms with Gasteiger partial charge in [0.15, 0.2) is 40.4 Å². The third-order valence-electron chi connectivity index (χ3n) is 9.00. The standard InChI is InChI=1S/C28H33N5O8/c1-12-31-6-7-33(12)11-30-10-18(35)14-4-5-17(34)20-15(14)8-13-9-16-22(32(2)3)24(37)21(27(29)40)26(39)28(16,41)25(38)19(13)23(20)36/h4-5,13,16,19,21-22,30,34,41H,6-11H2,1-3H3,(H2,29,40)/t13-,16-,19?,21?,22-,28-/m0/s1. The number of amides is 1. The van der Waals surface area contributed by atoms with Gasteiger partial charge < -0.3 is 20.8 Å². The summed E-state index contributed by atoms with van der Waals surface area (Å²) in [5.41, 5.74) is 2.84. The number of primary amides is 1. The maximum Gasteiger partial charge on any atom is 0.235 e. The number of carbonyl (C=O) groups excluding carboxylic acids is 6. The summed E-state index contributed by atoms with van der Waals surface area (Å²) in [6.07, 6.45) is -0.0573. The Bertz CT molecular complexity index is 1420. The summed E-state index contributed by atoms with van der Waals surface area (Å²) in [7, 11) is 3.04.